The number of nitrogens with zero attached hydrogens (tertiary/aromatic N) is 1. The summed E-state index contributed by atoms with van der Waals surface area (Å²) in [5.41, 5.74) is 0.0576. The molecule has 4 bridgehead atoms. The van der Waals surface area contributed by atoms with Crippen molar-refractivity contribution in [2.75, 3.05) is 5.32 Å². The van der Waals surface area contributed by atoms with E-state index in [4.69, 9.17) is 0 Å². The van der Waals surface area contributed by atoms with Crippen molar-refractivity contribution in [2.45, 2.75) is 44.1 Å². The summed E-state index contributed by atoms with van der Waals surface area (Å²) < 4.78 is 1.07. The maximum absolute atomic E-state index is 12.3. The van der Waals surface area contributed by atoms with Gasteiger partial charge in [0.25, 0.3) is 0 Å². The van der Waals surface area contributed by atoms with Gasteiger partial charge in [0.2, 0.25) is 0 Å². The zero-order valence-electron chi connectivity index (χ0n) is 11.9. The Kier molecular flexibility index (Phi) is 3.35. The van der Waals surface area contributed by atoms with Gasteiger partial charge in [-0.1, -0.05) is 0 Å². The van der Waals surface area contributed by atoms with Crippen molar-refractivity contribution < 1.29 is 4.79 Å². The van der Waals surface area contributed by atoms with Crippen LogP contribution in [0.5, 0.6) is 0 Å². The Morgan fingerprint density at radius 3 is 2.29 bits per heavy atom. The first-order valence-corrected chi connectivity index (χ1v) is 8.89. The number of carbonyl (C=O) groups excluding carboxylic acids is 1. The van der Waals surface area contributed by atoms with Crippen LogP contribution in [0.4, 0.5) is 10.6 Å². The van der Waals surface area contributed by atoms with Gasteiger partial charge in [-0.3, -0.25) is 5.32 Å². The first-order valence-electron chi connectivity index (χ1n) is 7.81. The molecular formula is C16H20IN3O. The summed E-state index contributed by atoms with van der Waals surface area (Å²) in [7, 11) is 0. The van der Waals surface area contributed by atoms with E-state index in [2.05, 4.69) is 38.2 Å². The van der Waals surface area contributed by atoms with Crippen LogP contribution in [-0.4, -0.2) is 16.6 Å². The van der Waals surface area contributed by atoms with Crippen LogP contribution < -0.4 is 10.6 Å². The maximum atomic E-state index is 12.3. The van der Waals surface area contributed by atoms with E-state index < -0.39 is 0 Å². The highest BCUT2D eigenvalue weighted by Gasteiger charge is 2.51. The number of carbonyl (C=O) groups is 1. The van der Waals surface area contributed by atoms with E-state index in [0.29, 0.717) is 5.82 Å². The number of hydrogen-bond acceptors (Lipinski definition) is 2. The van der Waals surface area contributed by atoms with E-state index in [1.807, 2.05) is 12.1 Å². The molecule has 0 unspecified atom stereocenters. The fourth-order valence-electron chi connectivity index (χ4n) is 5.10. The minimum atomic E-state index is -0.0920. The SMILES string of the molecule is O=C(Nc1ccc(I)cn1)NC12CC3CC(CC(C3)C1)C2. The third kappa shape index (κ3) is 2.76. The normalized spacial score (nSPS) is 36.5. The van der Waals surface area contributed by atoms with E-state index in [-0.39, 0.29) is 11.6 Å². The Balaban J connectivity index is 1.43. The zero-order valence-corrected chi connectivity index (χ0v) is 14.1. The quantitative estimate of drug-likeness (QED) is 0.747. The van der Waals surface area contributed by atoms with E-state index in [1.54, 1.807) is 6.20 Å². The summed E-state index contributed by atoms with van der Waals surface area (Å²) in [6.45, 7) is 0. The van der Waals surface area contributed by atoms with Crippen molar-refractivity contribution in [1.82, 2.24) is 10.3 Å². The van der Waals surface area contributed by atoms with Gasteiger partial charge >= 0.3 is 6.03 Å². The van der Waals surface area contributed by atoms with Crippen LogP contribution in [0, 0.1) is 21.3 Å². The molecule has 5 heteroatoms. The average molecular weight is 397 g/mol. The Labute approximate surface area is 138 Å². The molecule has 2 N–H and O–H groups in total. The molecule has 0 saturated heterocycles. The summed E-state index contributed by atoms with van der Waals surface area (Å²) in [4.78, 5) is 16.6. The first-order chi connectivity index (χ1) is 10.1. The molecule has 0 atom stereocenters. The molecule has 4 aliphatic rings. The van der Waals surface area contributed by atoms with Gasteiger partial charge in [0.15, 0.2) is 0 Å². The monoisotopic (exact) mass is 397 g/mol. The Hall–Kier alpha value is -0.850. The van der Waals surface area contributed by atoms with Gasteiger partial charge in [-0.25, -0.2) is 9.78 Å². The fourth-order valence-corrected chi connectivity index (χ4v) is 5.42. The van der Waals surface area contributed by atoms with E-state index in [9.17, 15) is 4.79 Å². The largest absolute Gasteiger partial charge is 0.332 e. The number of nitrogens with one attached hydrogen (secondary N) is 2. The van der Waals surface area contributed by atoms with Crippen LogP contribution in [0.1, 0.15) is 38.5 Å². The molecule has 1 aromatic heterocycles. The molecule has 0 aromatic carbocycles. The lowest BCUT2D eigenvalue weighted by atomic mass is 9.53. The Morgan fingerprint density at radius 1 is 1.14 bits per heavy atom. The smallest absolute Gasteiger partial charge is 0.320 e. The fraction of sp³-hybridized carbons (Fsp3) is 0.625. The van der Waals surface area contributed by atoms with Crippen molar-refractivity contribution in [3.8, 4) is 0 Å². The maximum Gasteiger partial charge on any atom is 0.320 e. The number of anilines is 1. The predicted octanol–water partition coefficient (Wildman–Crippen LogP) is 3.78. The number of rotatable bonds is 2. The summed E-state index contributed by atoms with van der Waals surface area (Å²) in [5, 5.41) is 6.18. The lowest BCUT2D eigenvalue weighted by Gasteiger charge is -2.56. The first kappa shape index (κ1) is 13.8. The van der Waals surface area contributed by atoms with Crippen molar-refractivity contribution in [3.63, 3.8) is 0 Å². The van der Waals surface area contributed by atoms with Gasteiger partial charge in [0, 0.05) is 15.3 Å². The number of amides is 2. The Bertz CT molecular complexity index is 522. The summed E-state index contributed by atoms with van der Waals surface area (Å²) in [5.74, 6) is 3.14. The van der Waals surface area contributed by atoms with Crippen molar-refractivity contribution in [3.05, 3.63) is 21.9 Å². The van der Waals surface area contributed by atoms with Crippen LogP contribution in [0.2, 0.25) is 0 Å². The molecule has 1 heterocycles. The molecule has 4 saturated carbocycles. The molecule has 0 aliphatic heterocycles. The van der Waals surface area contributed by atoms with Crippen LogP contribution in [-0.2, 0) is 0 Å². The molecular weight excluding hydrogens is 377 g/mol. The second-order valence-corrected chi connectivity index (χ2v) is 8.38. The lowest BCUT2D eigenvalue weighted by Crippen LogP contribution is -2.60. The van der Waals surface area contributed by atoms with Crippen LogP contribution in [0.15, 0.2) is 18.3 Å². The predicted molar refractivity (Wildman–Crippen MR) is 90.0 cm³/mol. The van der Waals surface area contributed by atoms with E-state index in [1.165, 1.54) is 38.5 Å². The highest BCUT2D eigenvalue weighted by Crippen LogP contribution is 2.55. The van der Waals surface area contributed by atoms with Crippen molar-refractivity contribution in [2.24, 2.45) is 17.8 Å². The highest BCUT2D eigenvalue weighted by atomic mass is 127. The molecule has 21 heavy (non-hydrogen) atoms. The van der Waals surface area contributed by atoms with Crippen LogP contribution in [0.25, 0.3) is 0 Å². The highest BCUT2D eigenvalue weighted by molar-refractivity contribution is 14.1. The summed E-state index contributed by atoms with van der Waals surface area (Å²) in [6, 6.07) is 3.71. The molecule has 112 valence electrons. The second kappa shape index (κ2) is 5.11. The Morgan fingerprint density at radius 2 is 1.76 bits per heavy atom. The molecule has 2 amide bonds. The van der Waals surface area contributed by atoms with Crippen LogP contribution >= 0.6 is 22.6 Å². The molecule has 4 nitrogen and oxygen atoms in total. The van der Waals surface area contributed by atoms with Gasteiger partial charge in [0.05, 0.1) is 0 Å². The van der Waals surface area contributed by atoms with Gasteiger partial charge < -0.3 is 5.32 Å². The van der Waals surface area contributed by atoms with E-state index >= 15 is 0 Å². The number of aromatic nitrogens is 1. The summed E-state index contributed by atoms with van der Waals surface area (Å²) in [6.07, 6.45) is 9.45. The number of urea groups is 1. The third-order valence-corrected chi connectivity index (χ3v) is 6.02. The summed E-state index contributed by atoms with van der Waals surface area (Å²) >= 11 is 2.21. The minimum Gasteiger partial charge on any atom is -0.332 e. The molecule has 4 aliphatic carbocycles. The van der Waals surface area contributed by atoms with Gasteiger partial charge in [-0.2, -0.15) is 0 Å². The molecule has 4 fully saturated rings. The molecule has 1 aromatic rings. The number of pyridine rings is 1. The molecule has 0 radical (unpaired) electrons. The van der Waals surface area contributed by atoms with Gasteiger partial charge in [-0.05, 0) is 91.0 Å². The van der Waals surface area contributed by atoms with Gasteiger partial charge in [0.1, 0.15) is 5.82 Å². The topological polar surface area (TPSA) is 54.0 Å². The second-order valence-electron chi connectivity index (χ2n) is 7.14. The van der Waals surface area contributed by atoms with Gasteiger partial charge in [-0.15, -0.1) is 0 Å². The lowest BCUT2D eigenvalue weighted by molar-refractivity contribution is -0.0127. The average Bonchev–Trinajstić information content (AvgIpc) is 2.39. The third-order valence-electron chi connectivity index (χ3n) is 5.39. The standard InChI is InChI=1S/C16H20IN3O/c17-13-1-2-14(18-9-13)19-15(21)20-16-6-10-3-11(7-16)5-12(4-10)8-16/h1-2,9-12H,3-8H2,(H2,18,19,20,21). The number of halogens is 1. The molecule has 5 rings (SSSR count). The van der Waals surface area contributed by atoms with Crippen LogP contribution in [0.3, 0.4) is 0 Å². The van der Waals surface area contributed by atoms with Crippen molar-refractivity contribution in [1.29, 1.82) is 0 Å². The van der Waals surface area contributed by atoms with Crippen molar-refractivity contribution >= 4 is 34.4 Å². The van der Waals surface area contributed by atoms with E-state index in [0.717, 1.165) is 21.3 Å². The zero-order chi connectivity index (χ0) is 14.4. The number of hydrogen-bond donors (Lipinski definition) is 2. The minimum absolute atomic E-state index is 0.0576. The molecule has 0 spiro atoms.